The van der Waals surface area contributed by atoms with Crippen LogP contribution < -0.4 is 10.5 Å². The molecule has 0 aromatic heterocycles. The molecule has 1 saturated carbocycles. The van der Waals surface area contributed by atoms with Crippen molar-refractivity contribution in [2.45, 2.75) is 25.7 Å². The highest BCUT2D eigenvalue weighted by Gasteiger charge is 2.23. The Morgan fingerprint density at radius 3 is 2.75 bits per heavy atom. The highest BCUT2D eigenvalue weighted by Crippen LogP contribution is 2.32. The lowest BCUT2D eigenvalue weighted by molar-refractivity contribution is 0.0995. The predicted molar refractivity (Wildman–Crippen MR) is 74.8 cm³/mol. The van der Waals surface area contributed by atoms with Gasteiger partial charge in [-0.15, -0.1) is 0 Å². The van der Waals surface area contributed by atoms with Crippen LogP contribution in [0, 0.1) is 23.1 Å². The van der Waals surface area contributed by atoms with E-state index in [1.807, 2.05) is 0 Å². The largest absolute Gasteiger partial charge is 0.492 e. The predicted octanol–water partition coefficient (Wildman–Crippen LogP) is 3.13. The molecular formula is C14H14BrFN2O2. The van der Waals surface area contributed by atoms with Crippen molar-refractivity contribution in [2.24, 2.45) is 11.7 Å². The summed E-state index contributed by atoms with van der Waals surface area (Å²) in [7, 11) is 0. The van der Waals surface area contributed by atoms with Crippen LogP contribution in [-0.4, -0.2) is 12.5 Å². The van der Waals surface area contributed by atoms with E-state index < -0.39 is 11.7 Å². The van der Waals surface area contributed by atoms with Crippen LogP contribution in [0.2, 0.25) is 0 Å². The Morgan fingerprint density at radius 1 is 1.55 bits per heavy atom. The number of nitrogens with two attached hydrogens (primary N) is 1. The van der Waals surface area contributed by atoms with Crippen LogP contribution in [0.25, 0.3) is 0 Å². The minimum Gasteiger partial charge on any atom is -0.492 e. The van der Waals surface area contributed by atoms with Gasteiger partial charge in [-0.05, 0) is 40.8 Å². The number of carbonyl (C=O) groups is 1. The summed E-state index contributed by atoms with van der Waals surface area (Å²) in [5, 5.41) is 9.05. The number of ether oxygens (including phenoxy) is 1. The highest BCUT2D eigenvalue weighted by molar-refractivity contribution is 9.10. The number of carbonyl (C=O) groups excluding carboxylic acids is 1. The van der Waals surface area contributed by atoms with Gasteiger partial charge in [-0.1, -0.05) is 12.8 Å². The average molecular weight is 341 g/mol. The summed E-state index contributed by atoms with van der Waals surface area (Å²) >= 11 is 3.09. The molecule has 0 spiro atoms. The van der Waals surface area contributed by atoms with Gasteiger partial charge in [-0.2, -0.15) is 5.26 Å². The third-order valence-electron chi connectivity index (χ3n) is 3.49. The van der Waals surface area contributed by atoms with Gasteiger partial charge in [0.05, 0.1) is 12.2 Å². The second-order valence-electron chi connectivity index (χ2n) is 4.86. The van der Waals surface area contributed by atoms with Crippen LogP contribution in [0.5, 0.6) is 5.75 Å². The fraction of sp³-hybridized carbons (Fsp3) is 0.429. The van der Waals surface area contributed by atoms with Crippen molar-refractivity contribution in [3.8, 4) is 11.8 Å². The monoisotopic (exact) mass is 340 g/mol. The van der Waals surface area contributed by atoms with Crippen molar-refractivity contribution < 1.29 is 13.9 Å². The molecule has 1 aromatic carbocycles. The summed E-state index contributed by atoms with van der Waals surface area (Å²) in [5.41, 5.74) is 4.50. The molecule has 6 heteroatoms. The molecule has 0 heterocycles. The summed E-state index contributed by atoms with van der Waals surface area (Å²) < 4.78 is 19.9. The first-order valence-corrected chi connectivity index (χ1v) is 7.18. The number of hydrogen-bond acceptors (Lipinski definition) is 3. The van der Waals surface area contributed by atoms with Gasteiger partial charge in [0, 0.05) is 4.47 Å². The van der Waals surface area contributed by atoms with Gasteiger partial charge in [0.2, 0.25) is 0 Å². The number of rotatable bonds is 4. The Labute approximate surface area is 124 Å². The van der Waals surface area contributed by atoms with Crippen molar-refractivity contribution >= 4 is 21.8 Å². The molecule has 1 amide bonds. The van der Waals surface area contributed by atoms with E-state index in [4.69, 9.17) is 15.7 Å². The minimum absolute atomic E-state index is 0.147. The first kappa shape index (κ1) is 14.8. The molecular weight excluding hydrogens is 327 g/mol. The average Bonchev–Trinajstić information content (AvgIpc) is 2.88. The molecule has 20 heavy (non-hydrogen) atoms. The van der Waals surface area contributed by atoms with Gasteiger partial charge in [-0.25, -0.2) is 4.39 Å². The molecule has 1 fully saturated rings. The van der Waals surface area contributed by atoms with E-state index in [1.165, 1.54) is 18.9 Å². The summed E-state index contributed by atoms with van der Waals surface area (Å²) in [4.78, 5) is 11.2. The first-order chi connectivity index (χ1) is 9.54. The van der Waals surface area contributed by atoms with Crippen LogP contribution in [0.15, 0.2) is 10.5 Å². The molecule has 2 rings (SSSR count). The molecule has 0 bridgehead atoms. The molecule has 106 valence electrons. The lowest BCUT2D eigenvalue weighted by Gasteiger charge is -2.14. The lowest BCUT2D eigenvalue weighted by Crippen LogP contribution is -2.16. The third-order valence-corrected chi connectivity index (χ3v) is 4.11. The highest BCUT2D eigenvalue weighted by atomic mass is 79.9. The summed E-state index contributed by atoms with van der Waals surface area (Å²) in [6.07, 6.45) is 4.53. The van der Waals surface area contributed by atoms with Gasteiger partial charge < -0.3 is 10.5 Å². The van der Waals surface area contributed by atoms with E-state index in [9.17, 15) is 9.18 Å². The van der Waals surface area contributed by atoms with E-state index in [0.29, 0.717) is 12.5 Å². The Balaban J connectivity index is 2.28. The summed E-state index contributed by atoms with van der Waals surface area (Å²) in [6.45, 7) is 0.455. The van der Waals surface area contributed by atoms with E-state index in [0.717, 1.165) is 12.8 Å². The minimum atomic E-state index is -0.934. The molecule has 2 N–H and O–H groups in total. The number of halogens is 2. The van der Waals surface area contributed by atoms with Gasteiger partial charge in [-0.3, -0.25) is 4.79 Å². The quantitative estimate of drug-likeness (QED) is 0.914. The SMILES string of the molecule is N#Cc1c(OCC2CCCC2)cc(Br)c(C(N)=O)c1F. The normalized spacial score (nSPS) is 15.1. The van der Waals surface area contributed by atoms with E-state index in [1.54, 1.807) is 6.07 Å². The zero-order valence-electron chi connectivity index (χ0n) is 10.8. The van der Waals surface area contributed by atoms with E-state index in [2.05, 4.69) is 15.9 Å². The van der Waals surface area contributed by atoms with Crippen molar-refractivity contribution in [2.75, 3.05) is 6.61 Å². The molecule has 1 aliphatic carbocycles. The lowest BCUT2D eigenvalue weighted by atomic mass is 10.1. The van der Waals surface area contributed by atoms with Crippen molar-refractivity contribution in [3.63, 3.8) is 0 Å². The van der Waals surface area contributed by atoms with Gasteiger partial charge in [0.25, 0.3) is 5.91 Å². The number of nitrogens with zero attached hydrogens (tertiary/aromatic N) is 1. The summed E-state index contributed by atoms with van der Waals surface area (Å²) in [6, 6.07) is 3.16. The first-order valence-electron chi connectivity index (χ1n) is 6.39. The fourth-order valence-corrected chi connectivity index (χ4v) is 3.00. The Hall–Kier alpha value is -1.61. The number of hydrogen-bond donors (Lipinski definition) is 1. The van der Waals surface area contributed by atoms with Crippen LogP contribution in [0.4, 0.5) is 4.39 Å². The van der Waals surface area contributed by atoms with Gasteiger partial charge in [0.1, 0.15) is 17.4 Å². The maximum atomic E-state index is 14.1. The Morgan fingerprint density at radius 2 is 2.20 bits per heavy atom. The molecule has 0 atom stereocenters. The van der Waals surface area contributed by atoms with Gasteiger partial charge in [0.15, 0.2) is 5.82 Å². The topological polar surface area (TPSA) is 76.1 Å². The Kier molecular flexibility index (Phi) is 4.61. The smallest absolute Gasteiger partial charge is 0.252 e. The number of primary amides is 1. The van der Waals surface area contributed by atoms with Crippen molar-refractivity contribution in [1.82, 2.24) is 0 Å². The van der Waals surface area contributed by atoms with Gasteiger partial charge >= 0.3 is 0 Å². The second-order valence-corrected chi connectivity index (χ2v) is 5.71. The third kappa shape index (κ3) is 2.93. The number of benzene rings is 1. The maximum Gasteiger partial charge on any atom is 0.252 e. The van der Waals surface area contributed by atoms with E-state index in [-0.39, 0.29) is 21.3 Å². The molecule has 0 radical (unpaired) electrons. The van der Waals surface area contributed by atoms with Crippen LogP contribution in [-0.2, 0) is 0 Å². The Bertz CT molecular complexity index is 578. The van der Waals surface area contributed by atoms with Crippen LogP contribution >= 0.6 is 15.9 Å². The molecule has 4 nitrogen and oxygen atoms in total. The molecule has 0 unspecified atom stereocenters. The van der Waals surface area contributed by atoms with E-state index >= 15 is 0 Å². The number of amides is 1. The number of nitriles is 1. The van der Waals surface area contributed by atoms with Crippen molar-refractivity contribution in [3.05, 3.63) is 27.5 Å². The summed E-state index contributed by atoms with van der Waals surface area (Å²) in [5.74, 6) is -1.27. The molecule has 0 aliphatic heterocycles. The van der Waals surface area contributed by atoms with Crippen LogP contribution in [0.3, 0.4) is 0 Å². The maximum absolute atomic E-state index is 14.1. The molecule has 0 saturated heterocycles. The molecule has 1 aromatic rings. The van der Waals surface area contributed by atoms with Crippen molar-refractivity contribution in [1.29, 1.82) is 5.26 Å². The zero-order chi connectivity index (χ0) is 14.7. The van der Waals surface area contributed by atoms with Crippen LogP contribution in [0.1, 0.15) is 41.6 Å². The standard InChI is InChI=1S/C14H14BrFN2O2/c15-10-5-11(20-7-8-3-1-2-4-8)9(6-17)13(16)12(10)14(18)19/h5,8H,1-4,7H2,(H2,18,19). The fourth-order valence-electron chi connectivity index (χ4n) is 2.43. The molecule has 1 aliphatic rings. The second kappa shape index (κ2) is 6.23. The zero-order valence-corrected chi connectivity index (χ0v) is 12.4.